The molecule has 0 atom stereocenters. The Morgan fingerprint density at radius 2 is 2.00 bits per heavy atom. The molecule has 0 amide bonds. The Kier molecular flexibility index (Phi) is 4.23. The smallest absolute Gasteiger partial charge is 0.336 e. The van der Waals surface area contributed by atoms with Gasteiger partial charge >= 0.3 is 5.97 Å². The number of nitrogens with one attached hydrogen (secondary N) is 1. The summed E-state index contributed by atoms with van der Waals surface area (Å²) in [6.07, 6.45) is 0. The van der Waals surface area contributed by atoms with Crippen molar-refractivity contribution in [2.24, 2.45) is 0 Å². The Bertz CT molecular complexity index is 731. The normalized spacial score (nSPS) is 10.2. The van der Waals surface area contributed by atoms with E-state index in [0.29, 0.717) is 15.8 Å². The lowest BCUT2D eigenvalue weighted by Crippen LogP contribution is -2.01. The number of aromatic carboxylic acids is 1. The van der Waals surface area contributed by atoms with Gasteiger partial charge in [-0.05, 0) is 52.7 Å². The van der Waals surface area contributed by atoms with Crippen LogP contribution in [-0.4, -0.2) is 16.0 Å². The topological polar surface area (TPSA) is 92.5 Å². The van der Waals surface area contributed by atoms with Gasteiger partial charge in [0.25, 0.3) is 5.69 Å². The maximum Gasteiger partial charge on any atom is 0.336 e. The van der Waals surface area contributed by atoms with Crippen LogP contribution < -0.4 is 5.32 Å². The first-order chi connectivity index (χ1) is 9.88. The van der Waals surface area contributed by atoms with Gasteiger partial charge in [-0.2, -0.15) is 0 Å². The molecule has 6 nitrogen and oxygen atoms in total. The summed E-state index contributed by atoms with van der Waals surface area (Å²) in [5.74, 6) is -1.08. The lowest BCUT2D eigenvalue weighted by Gasteiger charge is -2.09. The van der Waals surface area contributed by atoms with E-state index >= 15 is 0 Å². The van der Waals surface area contributed by atoms with Gasteiger partial charge in [-0.25, -0.2) is 4.79 Å². The fourth-order valence-electron chi connectivity index (χ4n) is 1.82. The molecule has 0 radical (unpaired) electrons. The predicted molar refractivity (Wildman–Crippen MR) is 82.2 cm³/mol. The molecule has 21 heavy (non-hydrogen) atoms. The third kappa shape index (κ3) is 3.38. The number of nitrogens with zero attached hydrogens (tertiary/aromatic N) is 1. The summed E-state index contributed by atoms with van der Waals surface area (Å²) in [7, 11) is 0. The van der Waals surface area contributed by atoms with Crippen LogP contribution in [0.2, 0.25) is 0 Å². The number of carboxylic acid groups (broad SMARTS) is 1. The van der Waals surface area contributed by atoms with Crippen LogP contribution in [0.25, 0.3) is 0 Å². The zero-order valence-corrected chi connectivity index (χ0v) is 12.5. The largest absolute Gasteiger partial charge is 0.478 e. The number of aryl methyl sites for hydroxylation is 1. The van der Waals surface area contributed by atoms with Crippen molar-refractivity contribution in [1.82, 2.24) is 0 Å². The number of carbonyl (C=O) groups is 1. The third-order valence-corrected chi connectivity index (χ3v) is 3.52. The molecule has 2 rings (SSSR count). The van der Waals surface area contributed by atoms with E-state index < -0.39 is 10.9 Å². The van der Waals surface area contributed by atoms with Crippen molar-refractivity contribution in [2.75, 3.05) is 5.32 Å². The maximum atomic E-state index is 11.1. The number of hydrogen-bond donors (Lipinski definition) is 2. The predicted octanol–water partition coefficient (Wildman–Crippen LogP) is 4.11. The molecule has 0 bridgehead atoms. The van der Waals surface area contributed by atoms with E-state index in [0.717, 1.165) is 5.56 Å². The Morgan fingerprint density at radius 3 is 2.62 bits per heavy atom. The van der Waals surface area contributed by atoms with Gasteiger partial charge in [0.15, 0.2) is 0 Å². The highest BCUT2D eigenvalue weighted by atomic mass is 79.9. The van der Waals surface area contributed by atoms with Crippen LogP contribution in [0.1, 0.15) is 15.9 Å². The molecule has 108 valence electrons. The Labute approximate surface area is 128 Å². The first-order valence-electron chi connectivity index (χ1n) is 5.93. The van der Waals surface area contributed by atoms with Gasteiger partial charge in [-0.15, -0.1) is 0 Å². The van der Waals surface area contributed by atoms with E-state index in [-0.39, 0.29) is 11.3 Å². The summed E-state index contributed by atoms with van der Waals surface area (Å²) in [5, 5.41) is 23.0. The average Bonchev–Trinajstić information content (AvgIpc) is 2.42. The van der Waals surface area contributed by atoms with Gasteiger partial charge in [0.2, 0.25) is 0 Å². The van der Waals surface area contributed by atoms with Crippen LogP contribution >= 0.6 is 15.9 Å². The van der Waals surface area contributed by atoms with E-state index in [4.69, 9.17) is 5.11 Å². The highest BCUT2D eigenvalue weighted by molar-refractivity contribution is 9.10. The van der Waals surface area contributed by atoms with Crippen LogP contribution in [0.5, 0.6) is 0 Å². The van der Waals surface area contributed by atoms with Crippen molar-refractivity contribution in [1.29, 1.82) is 0 Å². The number of nitro benzene ring substituents is 1. The standard InChI is InChI=1S/C14H11BrN2O4/c1-8-2-5-12(13(6-8)17(20)21)16-9-3-4-11(15)10(7-9)14(18)19/h2-7,16H,1H3,(H,18,19). The first-order valence-corrected chi connectivity index (χ1v) is 6.72. The Hall–Kier alpha value is -2.41. The summed E-state index contributed by atoms with van der Waals surface area (Å²) in [6, 6.07) is 9.42. The maximum absolute atomic E-state index is 11.1. The van der Waals surface area contributed by atoms with Gasteiger partial charge in [0.05, 0.1) is 10.5 Å². The van der Waals surface area contributed by atoms with Gasteiger partial charge in [-0.3, -0.25) is 10.1 Å². The van der Waals surface area contributed by atoms with Crippen molar-refractivity contribution >= 4 is 39.0 Å². The third-order valence-electron chi connectivity index (χ3n) is 2.83. The molecule has 0 unspecified atom stereocenters. The number of carboxylic acids is 1. The number of hydrogen-bond acceptors (Lipinski definition) is 4. The molecule has 0 aliphatic heterocycles. The minimum Gasteiger partial charge on any atom is -0.478 e. The molecule has 0 spiro atoms. The van der Waals surface area contributed by atoms with Gasteiger partial charge in [0.1, 0.15) is 5.69 Å². The second-order valence-electron chi connectivity index (χ2n) is 4.40. The quantitative estimate of drug-likeness (QED) is 0.639. The molecule has 2 aromatic carbocycles. The summed E-state index contributed by atoms with van der Waals surface area (Å²) in [4.78, 5) is 21.7. The number of nitro groups is 1. The van der Waals surface area contributed by atoms with E-state index in [2.05, 4.69) is 21.2 Å². The number of benzene rings is 2. The van der Waals surface area contributed by atoms with Gasteiger partial charge < -0.3 is 10.4 Å². The lowest BCUT2D eigenvalue weighted by atomic mass is 10.1. The Balaban J connectivity index is 2.41. The molecule has 0 saturated carbocycles. The van der Waals surface area contributed by atoms with E-state index in [1.807, 2.05) is 0 Å². The summed E-state index contributed by atoms with van der Waals surface area (Å²) in [6.45, 7) is 1.76. The minimum absolute atomic E-state index is 0.0604. The highest BCUT2D eigenvalue weighted by Crippen LogP contribution is 2.30. The van der Waals surface area contributed by atoms with Crippen molar-refractivity contribution in [2.45, 2.75) is 6.92 Å². The van der Waals surface area contributed by atoms with Crippen molar-refractivity contribution in [3.8, 4) is 0 Å². The molecule has 7 heteroatoms. The fourth-order valence-corrected chi connectivity index (χ4v) is 2.24. The van der Waals surface area contributed by atoms with Crippen molar-refractivity contribution in [3.63, 3.8) is 0 Å². The zero-order valence-electron chi connectivity index (χ0n) is 11.0. The first kappa shape index (κ1) is 15.0. The molecule has 2 aromatic rings. The highest BCUT2D eigenvalue weighted by Gasteiger charge is 2.15. The SMILES string of the molecule is Cc1ccc(Nc2ccc(Br)c(C(=O)O)c2)c([N+](=O)[O-])c1. The monoisotopic (exact) mass is 350 g/mol. The van der Waals surface area contributed by atoms with E-state index in [1.54, 1.807) is 31.2 Å². The molecule has 2 N–H and O–H groups in total. The number of anilines is 2. The summed E-state index contributed by atoms with van der Waals surface area (Å²) < 4.78 is 0.443. The van der Waals surface area contributed by atoms with E-state index in [1.165, 1.54) is 12.1 Å². The molecule has 0 saturated heterocycles. The molecule has 0 aromatic heterocycles. The molecule has 0 heterocycles. The number of rotatable bonds is 4. The van der Waals surface area contributed by atoms with Gasteiger partial charge in [0, 0.05) is 16.2 Å². The molecule has 0 aliphatic rings. The van der Waals surface area contributed by atoms with E-state index in [9.17, 15) is 14.9 Å². The van der Waals surface area contributed by atoms with Gasteiger partial charge in [-0.1, -0.05) is 6.07 Å². The second kappa shape index (κ2) is 5.92. The van der Waals surface area contributed by atoms with Crippen LogP contribution in [0, 0.1) is 17.0 Å². The van der Waals surface area contributed by atoms with Crippen molar-refractivity contribution < 1.29 is 14.8 Å². The van der Waals surface area contributed by atoms with Crippen LogP contribution in [-0.2, 0) is 0 Å². The number of halogens is 1. The molecular formula is C14H11BrN2O4. The molecular weight excluding hydrogens is 340 g/mol. The lowest BCUT2D eigenvalue weighted by molar-refractivity contribution is -0.384. The van der Waals surface area contributed by atoms with Crippen LogP contribution in [0.3, 0.4) is 0 Å². The average molecular weight is 351 g/mol. The van der Waals surface area contributed by atoms with Crippen LogP contribution in [0.4, 0.5) is 17.1 Å². The minimum atomic E-state index is -1.08. The fraction of sp³-hybridized carbons (Fsp3) is 0.0714. The van der Waals surface area contributed by atoms with Crippen molar-refractivity contribution in [3.05, 3.63) is 62.1 Å². The second-order valence-corrected chi connectivity index (χ2v) is 5.26. The Morgan fingerprint density at radius 1 is 1.29 bits per heavy atom. The molecule has 0 aliphatic carbocycles. The van der Waals surface area contributed by atoms with Crippen LogP contribution in [0.15, 0.2) is 40.9 Å². The molecule has 0 fully saturated rings. The summed E-state index contributed by atoms with van der Waals surface area (Å²) in [5.41, 5.74) is 1.56. The summed E-state index contributed by atoms with van der Waals surface area (Å²) >= 11 is 3.15. The zero-order chi connectivity index (χ0) is 15.6.